The number of benzene rings is 2. The molecule has 0 saturated heterocycles. The molecule has 1 aromatic heterocycles. The van der Waals surface area contributed by atoms with Gasteiger partial charge in [0, 0.05) is 18.1 Å². The molecule has 1 aliphatic heterocycles. The molecule has 0 fully saturated rings. The molecule has 1 N–H and O–H groups in total. The largest absolute Gasteiger partial charge is 0.485 e. The van der Waals surface area contributed by atoms with Crippen molar-refractivity contribution in [2.45, 2.75) is 19.4 Å². The summed E-state index contributed by atoms with van der Waals surface area (Å²) in [7, 11) is 0. The molecule has 0 bridgehead atoms. The summed E-state index contributed by atoms with van der Waals surface area (Å²) < 4.78 is 11.4. The number of ether oxygens (including phenoxy) is 2. The lowest BCUT2D eigenvalue weighted by Crippen LogP contribution is -2.40. The van der Waals surface area contributed by atoms with E-state index in [9.17, 15) is 4.79 Å². The van der Waals surface area contributed by atoms with Crippen LogP contribution < -0.4 is 14.8 Å². The molecular formula is C22H20N2O3. The maximum Gasteiger partial charge on any atom is 0.269 e. The molecule has 0 spiro atoms. The van der Waals surface area contributed by atoms with Crippen LogP contribution in [0.25, 0.3) is 11.1 Å². The Morgan fingerprint density at radius 2 is 1.85 bits per heavy atom. The van der Waals surface area contributed by atoms with Crippen molar-refractivity contribution < 1.29 is 14.3 Å². The second-order valence-corrected chi connectivity index (χ2v) is 6.31. The van der Waals surface area contributed by atoms with Gasteiger partial charge in [0.1, 0.15) is 6.61 Å². The highest BCUT2D eigenvalue weighted by Gasteiger charge is 2.27. The number of nitrogens with zero attached hydrogens (tertiary/aromatic N) is 1. The van der Waals surface area contributed by atoms with Crippen molar-refractivity contribution in [2.75, 3.05) is 11.9 Å². The lowest BCUT2D eigenvalue weighted by molar-refractivity contribution is -0.125. The summed E-state index contributed by atoms with van der Waals surface area (Å²) in [6, 6.07) is 17.3. The molecule has 0 saturated carbocycles. The van der Waals surface area contributed by atoms with Crippen LogP contribution in [0.1, 0.15) is 12.5 Å². The zero-order valence-corrected chi connectivity index (χ0v) is 15.0. The third-order valence-electron chi connectivity index (χ3n) is 4.56. The number of hydrogen-bond acceptors (Lipinski definition) is 4. The molecule has 0 aliphatic carbocycles. The minimum Gasteiger partial charge on any atom is -0.485 e. The SMILES string of the molecule is CCc1cc(-c2ccncc2)ccc1NC(=O)C1COc2ccccc2O1. The first-order chi connectivity index (χ1) is 13.2. The van der Waals surface area contributed by atoms with Crippen molar-refractivity contribution in [2.24, 2.45) is 0 Å². The fourth-order valence-corrected chi connectivity index (χ4v) is 3.09. The average molecular weight is 360 g/mol. The summed E-state index contributed by atoms with van der Waals surface area (Å²) in [6.07, 6.45) is 3.67. The zero-order valence-electron chi connectivity index (χ0n) is 15.0. The van der Waals surface area contributed by atoms with Crippen LogP contribution in [0.15, 0.2) is 67.0 Å². The molecule has 1 atom stereocenters. The first kappa shape index (κ1) is 17.1. The maximum atomic E-state index is 12.7. The first-order valence-electron chi connectivity index (χ1n) is 8.97. The smallest absolute Gasteiger partial charge is 0.269 e. The number of carbonyl (C=O) groups is 1. The van der Waals surface area contributed by atoms with Crippen LogP contribution in [0.5, 0.6) is 11.5 Å². The average Bonchev–Trinajstić information content (AvgIpc) is 2.74. The van der Waals surface area contributed by atoms with Crippen LogP contribution in [0, 0.1) is 0 Å². The molecule has 27 heavy (non-hydrogen) atoms. The molecule has 1 aliphatic rings. The molecule has 0 radical (unpaired) electrons. The van der Waals surface area contributed by atoms with E-state index in [0.29, 0.717) is 11.5 Å². The monoisotopic (exact) mass is 360 g/mol. The van der Waals surface area contributed by atoms with Gasteiger partial charge in [-0.3, -0.25) is 9.78 Å². The number of aromatic nitrogens is 1. The fraction of sp³-hybridized carbons (Fsp3) is 0.182. The molecule has 2 aromatic carbocycles. The van der Waals surface area contributed by atoms with Crippen LogP contribution >= 0.6 is 0 Å². The Kier molecular flexibility index (Phi) is 4.75. The number of hydrogen-bond donors (Lipinski definition) is 1. The van der Waals surface area contributed by atoms with Crippen LogP contribution in [-0.2, 0) is 11.2 Å². The van der Waals surface area contributed by atoms with Gasteiger partial charge in [0.25, 0.3) is 5.91 Å². The van der Waals surface area contributed by atoms with E-state index in [4.69, 9.17) is 9.47 Å². The van der Waals surface area contributed by atoms with Crippen molar-refractivity contribution in [3.05, 3.63) is 72.6 Å². The van der Waals surface area contributed by atoms with Gasteiger partial charge in [-0.05, 0) is 59.5 Å². The van der Waals surface area contributed by atoms with Gasteiger partial charge >= 0.3 is 0 Å². The predicted octanol–water partition coefficient (Wildman–Crippen LogP) is 4.09. The highest BCUT2D eigenvalue weighted by atomic mass is 16.6. The molecule has 1 amide bonds. The Balaban J connectivity index is 1.51. The number of pyridine rings is 1. The van der Waals surface area contributed by atoms with Crippen LogP contribution in [0.3, 0.4) is 0 Å². The van der Waals surface area contributed by atoms with E-state index in [1.54, 1.807) is 18.5 Å². The summed E-state index contributed by atoms with van der Waals surface area (Å²) in [4.78, 5) is 16.7. The third kappa shape index (κ3) is 3.62. The summed E-state index contributed by atoms with van der Waals surface area (Å²) in [6.45, 7) is 2.26. The summed E-state index contributed by atoms with van der Waals surface area (Å²) in [5.74, 6) is 1.04. The molecular weight excluding hydrogens is 340 g/mol. The zero-order chi connectivity index (χ0) is 18.6. The topological polar surface area (TPSA) is 60.5 Å². The van der Waals surface area contributed by atoms with E-state index < -0.39 is 6.10 Å². The first-order valence-corrected chi connectivity index (χ1v) is 8.97. The Morgan fingerprint density at radius 3 is 2.63 bits per heavy atom. The molecule has 5 heteroatoms. The Hall–Kier alpha value is -3.34. The van der Waals surface area contributed by atoms with E-state index in [1.165, 1.54) is 0 Å². The number of nitrogens with one attached hydrogen (secondary N) is 1. The number of fused-ring (bicyclic) bond motifs is 1. The maximum absolute atomic E-state index is 12.7. The third-order valence-corrected chi connectivity index (χ3v) is 4.56. The summed E-state index contributed by atoms with van der Waals surface area (Å²) in [5, 5.41) is 2.98. The predicted molar refractivity (Wildman–Crippen MR) is 104 cm³/mol. The number of rotatable bonds is 4. The number of carbonyl (C=O) groups excluding carboxylic acids is 1. The normalized spacial score (nSPS) is 15.2. The van der Waals surface area contributed by atoms with E-state index in [1.807, 2.05) is 42.5 Å². The lowest BCUT2D eigenvalue weighted by atomic mass is 10.0. The Labute approximate surface area is 158 Å². The van der Waals surface area contributed by atoms with E-state index in [2.05, 4.69) is 23.3 Å². The minimum atomic E-state index is -0.676. The van der Waals surface area contributed by atoms with Crippen molar-refractivity contribution >= 4 is 11.6 Å². The van der Waals surface area contributed by atoms with Crippen LogP contribution in [0.4, 0.5) is 5.69 Å². The summed E-state index contributed by atoms with van der Waals surface area (Å²) >= 11 is 0. The Morgan fingerprint density at radius 1 is 1.07 bits per heavy atom. The second-order valence-electron chi connectivity index (χ2n) is 6.31. The van der Waals surface area contributed by atoms with Crippen molar-refractivity contribution in [3.63, 3.8) is 0 Å². The number of aryl methyl sites for hydroxylation is 1. The van der Waals surface area contributed by atoms with Gasteiger partial charge in [-0.15, -0.1) is 0 Å². The van der Waals surface area contributed by atoms with Gasteiger partial charge in [0.15, 0.2) is 11.5 Å². The Bertz CT molecular complexity index is 957. The second kappa shape index (κ2) is 7.50. The van der Waals surface area contributed by atoms with E-state index in [0.717, 1.165) is 28.8 Å². The van der Waals surface area contributed by atoms with Crippen LogP contribution in [-0.4, -0.2) is 23.6 Å². The minimum absolute atomic E-state index is 0.194. The van der Waals surface area contributed by atoms with Gasteiger partial charge in [0.2, 0.25) is 6.10 Å². The number of para-hydroxylation sites is 2. The van der Waals surface area contributed by atoms with E-state index >= 15 is 0 Å². The van der Waals surface area contributed by atoms with Gasteiger partial charge in [0.05, 0.1) is 0 Å². The molecule has 4 rings (SSSR count). The number of amides is 1. The van der Waals surface area contributed by atoms with Gasteiger partial charge in [-0.25, -0.2) is 0 Å². The summed E-state index contributed by atoms with van der Waals surface area (Å²) in [5.41, 5.74) is 4.05. The van der Waals surface area contributed by atoms with Crippen molar-refractivity contribution in [3.8, 4) is 22.6 Å². The molecule has 2 heterocycles. The molecule has 136 valence electrons. The van der Waals surface area contributed by atoms with Gasteiger partial charge in [-0.1, -0.05) is 25.1 Å². The molecule has 1 unspecified atom stereocenters. The lowest BCUT2D eigenvalue weighted by Gasteiger charge is -2.26. The molecule has 3 aromatic rings. The standard InChI is InChI=1S/C22H20N2O3/c1-2-15-13-17(16-9-11-23-12-10-16)7-8-18(15)24-22(25)21-14-26-19-5-3-4-6-20(19)27-21/h3-13,21H,2,14H2,1H3,(H,24,25). The quantitative estimate of drug-likeness (QED) is 0.761. The molecule has 5 nitrogen and oxygen atoms in total. The fourth-order valence-electron chi connectivity index (χ4n) is 3.09. The van der Waals surface area contributed by atoms with Gasteiger partial charge < -0.3 is 14.8 Å². The number of anilines is 1. The van der Waals surface area contributed by atoms with Gasteiger partial charge in [-0.2, -0.15) is 0 Å². The highest BCUT2D eigenvalue weighted by molar-refractivity contribution is 5.95. The highest BCUT2D eigenvalue weighted by Crippen LogP contribution is 2.31. The van der Waals surface area contributed by atoms with Crippen molar-refractivity contribution in [1.29, 1.82) is 0 Å². The van der Waals surface area contributed by atoms with E-state index in [-0.39, 0.29) is 12.5 Å². The van der Waals surface area contributed by atoms with Crippen molar-refractivity contribution in [1.82, 2.24) is 4.98 Å². The van der Waals surface area contributed by atoms with Crippen LogP contribution in [0.2, 0.25) is 0 Å².